The van der Waals surface area contributed by atoms with E-state index in [4.69, 9.17) is 0 Å². The molecule has 0 aliphatic heterocycles. The van der Waals surface area contributed by atoms with Crippen LogP contribution in [-0.4, -0.2) is 9.13 Å². The lowest BCUT2D eigenvalue weighted by Gasteiger charge is -2.11. The van der Waals surface area contributed by atoms with Crippen LogP contribution in [0.25, 0.3) is 110 Å². The van der Waals surface area contributed by atoms with Gasteiger partial charge >= 0.3 is 0 Å². The van der Waals surface area contributed by atoms with Gasteiger partial charge < -0.3 is 9.13 Å². The van der Waals surface area contributed by atoms with Gasteiger partial charge in [0, 0.05) is 32.9 Å². The van der Waals surface area contributed by atoms with Gasteiger partial charge in [-0.1, -0.05) is 158 Å². The Morgan fingerprint density at radius 3 is 1.00 bits per heavy atom. The lowest BCUT2D eigenvalue weighted by atomic mass is 9.95. The number of hydrogen-bond donors (Lipinski definition) is 0. The molecule has 0 aliphatic carbocycles. The SMILES string of the molecule is c1ccc(-c2ccc(-n3c4ccccc4c4c5cc(-c6ccc7ccc8c(c7c6)c6ccccc6n8-c6ccc(-c7ccccc7)cc6)ccc5ccc43)cc2)cc1. The van der Waals surface area contributed by atoms with Crippen molar-refractivity contribution in [1.29, 1.82) is 0 Å². The molecule has 10 aromatic carbocycles. The van der Waals surface area contributed by atoms with Gasteiger partial charge in [-0.25, -0.2) is 0 Å². The minimum atomic E-state index is 1.16. The molecule has 0 saturated carbocycles. The van der Waals surface area contributed by atoms with E-state index in [1.165, 1.54) is 98.5 Å². The van der Waals surface area contributed by atoms with E-state index in [0.717, 1.165) is 11.4 Å². The first-order chi connectivity index (χ1) is 28.8. The second-order valence-electron chi connectivity index (χ2n) is 15.3. The second kappa shape index (κ2) is 12.9. The fourth-order valence-electron chi connectivity index (χ4n) is 9.36. The Bertz CT molecular complexity index is 3280. The molecule has 270 valence electrons. The molecule has 0 aliphatic rings. The van der Waals surface area contributed by atoms with Gasteiger partial charge in [0.2, 0.25) is 0 Å². The summed E-state index contributed by atoms with van der Waals surface area (Å²) in [5.74, 6) is 0. The fourth-order valence-corrected chi connectivity index (χ4v) is 9.36. The Hall–Kier alpha value is -7.68. The molecule has 12 rings (SSSR count). The summed E-state index contributed by atoms with van der Waals surface area (Å²) in [7, 11) is 0. The summed E-state index contributed by atoms with van der Waals surface area (Å²) in [5, 5.41) is 10.1. The van der Waals surface area contributed by atoms with E-state index < -0.39 is 0 Å². The number of benzene rings is 10. The summed E-state index contributed by atoms with van der Waals surface area (Å²) in [4.78, 5) is 0. The molecule has 0 N–H and O–H groups in total. The van der Waals surface area contributed by atoms with E-state index in [2.05, 4.69) is 228 Å². The quantitative estimate of drug-likeness (QED) is 0.167. The highest BCUT2D eigenvalue weighted by atomic mass is 15.0. The van der Waals surface area contributed by atoms with Crippen molar-refractivity contribution in [3.63, 3.8) is 0 Å². The number of hydrogen-bond acceptors (Lipinski definition) is 0. The number of rotatable bonds is 5. The van der Waals surface area contributed by atoms with E-state index >= 15 is 0 Å². The van der Waals surface area contributed by atoms with Crippen molar-refractivity contribution in [3.05, 3.63) is 218 Å². The van der Waals surface area contributed by atoms with Gasteiger partial charge in [-0.05, 0) is 116 Å². The molecule has 2 heteroatoms. The molecule has 0 spiro atoms. The summed E-state index contributed by atoms with van der Waals surface area (Å²) < 4.78 is 4.84. The van der Waals surface area contributed by atoms with Gasteiger partial charge in [0.05, 0.1) is 22.1 Å². The van der Waals surface area contributed by atoms with Gasteiger partial charge in [-0.15, -0.1) is 0 Å². The molecule has 58 heavy (non-hydrogen) atoms. The molecular weight excluding hydrogens is 701 g/mol. The minimum absolute atomic E-state index is 1.16. The maximum Gasteiger partial charge on any atom is 0.0547 e. The van der Waals surface area contributed by atoms with E-state index in [9.17, 15) is 0 Å². The Morgan fingerprint density at radius 1 is 0.224 bits per heavy atom. The van der Waals surface area contributed by atoms with Crippen molar-refractivity contribution >= 4 is 65.2 Å². The van der Waals surface area contributed by atoms with Crippen molar-refractivity contribution in [1.82, 2.24) is 9.13 Å². The summed E-state index contributed by atoms with van der Waals surface area (Å²) in [5.41, 5.74) is 14.5. The topological polar surface area (TPSA) is 9.86 Å². The monoisotopic (exact) mass is 736 g/mol. The third kappa shape index (κ3) is 5.05. The predicted molar refractivity (Wildman–Crippen MR) is 246 cm³/mol. The van der Waals surface area contributed by atoms with Crippen LogP contribution >= 0.6 is 0 Å². The molecule has 2 aromatic heterocycles. The third-order valence-electron chi connectivity index (χ3n) is 12.1. The van der Waals surface area contributed by atoms with Crippen LogP contribution in [0.4, 0.5) is 0 Å². The van der Waals surface area contributed by atoms with Crippen LogP contribution in [0, 0.1) is 0 Å². The molecule has 12 aromatic rings. The van der Waals surface area contributed by atoms with Gasteiger partial charge in [0.15, 0.2) is 0 Å². The third-order valence-corrected chi connectivity index (χ3v) is 12.1. The summed E-state index contributed by atoms with van der Waals surface area (Å²) in [6.07, 6.45) is 0. The molecule has 0 amide bonds. The largest absolute Gasteiger partial charge is 0.309 e. The number of nitrogens with zero attached hydrogens (tertiary/aromatic N) is 2. The maximum atomic E-state index is 2.42. The summed E-state index contributed by atoms with van der Waals surface area (Å²) >= 11 is 0. The first-order valence-corrected chi connectivity index (χ1v) is 20.0. The molecule has 0 fully saturated rings. The van der Waals surface area contributed by atoms with Crippen LogP contribution in [0.15, 0.2) is 218 Å². The normalized spacial score (nSPS) is 11.8. The van der Waals surface area contributed by atoms with Crippen LogP contribution in [0.2, 0.25) is 0 Å². The molecular formula is C56H36N2. The highest BCUT2D eigenvalue weighted by molar-refractivity contribution is 6.23. The Balaban J connectivity index is 1.02. The van der Waals surface area contributed by atoms with E-state index in [1.807, 2.05) is 0 Å². The van der Waals surface area contributed by atoms with Crippen LogP contribution in [-0.2, 0) is 0 Å². The van der Waals surface area contributed by atoms with Gasteiger partial charge in [-0.3, -0.25) is 0 Å². The smallest absolute Gasteiger partial charge is 0.0547 e. The lowest BCUT2D eigenvalue weighted by molar-refractivity contribution is 1.18. The van der Waals surface area contributed by atoms with E-state index in [1.54, 1.807) is 0 Å². The summed E-state index contributed by atoms with van der Waals surface area (Å²) in [6, 6.07) is 79.9. The average molecular weight is 737 g/mol. The molecule has 2 nitrogen and oxygen atoms in total. The van der Waals surface area contributed by atoms with Gasteiger partial charge in [-0.2, -0.15) is 0 Å². The van der Waals surface area contributed by atoms with Crippen LogP contribution in [0.1, 0.15) is 0 Å². The average Bonchev–Trinajstić information content (AvgIpc) is 3.83. The Kier molecular flexibility index (Phi) is 7.26. The van der Waals surface area contributed by atoms with Crippen molar-refractivity contribution in [2.24, 2.45) is 0 Å². The molecule has 0 saturated heterocycles. The zero-order valence-electron chi connectivity index (χ0n) is 31.7. The molecule has 0 radical (unpaired) electrons. The lowest BCUT2D eigenvalue weighted by Crippen LogP contribution is -1.93. The van der Waals surface area contributed by atoms with Crippen molar-refractivity contribution in [3.8, 4) is 44.8 Å². The Morgan fingerprint density at radius 2 is 0.569 bits per heavy atom. The fraction of sp³-hybridized carbons (Fsp3) is 0. The van der Waals surface area contributed by atoms with Gasteiger partial charge in [0.25, 0.3) is 0 Å². The predicted octanol–water partition coefficient (Wildman–Crippen LogP) is 15.2. The molecule has 0 atom stereocenters. The first-order valence-electron chi connectivity index (χ1n) is 20.0. The van der Waals surface area contributed by atoms with Crippen LogP contribution in [0.5, 0.6) is 0 Å². The first kappa shape index (κ1) is 32.6. The Labute approximate surface area is 336 Å². The minimum Gasteiger partial charge on any atom is -0.309 e. The molecule has 0 unspecified atom stereocenters. The van der Waals surface area contributed by atoms with Crippen molar-refractivity contribution in [2.75, 3.05) is 0 Å². The van der Waals surface area contributed by atoms with Crippen molar-refractivity contribution < 1.29 is 0 Å². The maximum absolute atomic E-state index is 2.42. The number of aromatic nitrogens is 2. The molecule has 2 heterocycles. The van der Waals surface area contributed by atoms with Crippen molar-refractivity contribution in [2.45, 2.75) is 0 Å². The highest BCUT2D eigenvalue weighted by Crippen LogP contribution is 2.41. The van der Waals surface area contributed by atoms with E-state index in [0.29, 0.717) is 0 Å². The van der Waals surface area contributed by atoms with E-state index in [-0.39, 0.29) is 0 Å². The van der Waals surface area contributed by atoms with Crippen LogP contribution < -0.4 is 0 Å². The summed E-state index contributed by atoms with van der Waals surface area (Å²) in [6.45, 7) is 0. The highest BCUT2D eigenvalue weighted by Gasteiger charge is 2.18. The van der Waals surface area contributed by atoms with Gasteiger partial charge in [0.1, 0.15) is 0 Å². The zero-order chi connectivity index (χ0) is 38.2. The van der Waals surface area contributed by atoms with Crippen LogP contribution in [0.3, 0.4) is 0 Å². The number of para-hydroxylation sites is 2. The second-order valence-corrected chi connectivity index (χ2v) is 15.3. The molecule has 0 bridgehead atoms. The number of fused-ring (bicyclic) bond motifs is 10. The zero-order valence-corrected chi connectivity index (χ0v) is 31.7. The standard InChI is InChI=1S/C56H36N2/c1-3-11-37(12-4-1)39-23-29-45(30-24-39)57-51-17-9-7-15-47(51)55-49-35-43(21-19-41(49)27-33-53(55)57)44-22-20-42-28-34-54-56(50(42)36-44)48-16-8-10-18-52(48)58(54)46-31-25-40(26-32-46)38-13-5-2-6-14-38/h1-36H.